The van der Waals surface area contributed by atoms with Crippen molar-refractivity contribution in [1.29, 1.82) is 0 Å². The molecule has 0 aliphatic carbocycles. The Hall–Kier alpha value is -1.62. The number of anilines is 1. The molecule has 0 aromatic heterocycles. The van der Waals surface area contributed by atoms with Gasteiger partial charge in [-0.2, -0.15) is 0 Å². The Morgan fingerprint density at radius 2 is 2.33 bits per heavy atom. The number of hydrogen-bond donors (Lipinski definition) is 2. The predicted octanol–water partition coefficient (Wildman–Crippen LogP) is 1.35. The molecule has 1 fully saturated rings. The van der Waals surface area contributed by atoms with E-state index in [0.717, 1.165) is 0 Å². The minimum absolute atomic E-state index is 0.0708. The summed E-state index contributed by atoms with van der Waals surface area (Å²) in [5.41, 5.74) is 0.396. The van der Waals surface area contributed by atoms with Gasteiger partial charge in [0, 0.05) is 18.8 Å². The number of carbonyl (C=O) groups excluding carboxylic acids is 1. The van der Waals surface area contributed by atoms with E-state index in [1.54, 1.807) is 6.07 Å². The van der Waals surface area contributed by atoms with Crippen LogP contribution in [-0.2, 0) is 4.74 Å². The standard InChI is InChI=1S/C10H11FN2O2/c11-7-2-1-3-8(4-7)13-10(14)15-9-5-12-6-9/h1-4,9,12H,5-6H2,(H,13,14). The van der Waals surface area contributed by atoms with Crippen LogP contribution in [0.4, 0.5) is 14.9 Å². The first-order valence-electron chi connectivity index (χ1n) is 4.68. The SMILES string of the molecule is O=C(Nc1cccc(F)c1)OC1CNC1. The van der Waals surface area contributed by atoms with E-state index in [0.29, 0.717) is 18.8 Å². The molecule has 1 heterocycles. The highest BCUT2D eigenvalue weighted by atomic mass is 19.1. The fourth-order valence-corrected chi connectivity index (χ4v) is 1.21. The highest BCUT2D eigenvalue weighted by Gasteiger charge is 2.20. The maximum absolute atomic E-state index is 12.8. The third kappa shape index (κ3) is 2.66. The minimum atomic E-state index is -0.549. The fourth-order valence-electron chi connectivity index (χ4n) is 1.21. The van der Waals surface area contributed by atoms with Crippen LogP contribution in [0.2, 0.25) is 0 Å². The number of halogens is 1. The summed E-state index contributed by atoms with van der Waals surface area (Å²) in [6.07, 6.45) is -0.620. The number of ether oxygens (including phenoxy) is 1. The summed E-state index contributed by atoms with van der Waals surface area (Å²) >= 11 is 0. The van der Waals surface area contributed by atoms with Gasteiger partial charge in [0.25, 0.3) is 0 Å². The summed E-state index contributed by atoms with van der Waals surface area (Å²) in [6.45, 7) is 1.35. The van der Waals surface area contributed by atoms with Crippen LogP contribution in [0.1, 0.15) is 0 Å². The monoisotopic (exact) mass is 210 g/mol. The molecule has 0 bridgehead atoms. The van der Waals surface area contributed by atoms with Gasteiger partial charge in [0.1, 0.15) is 11.9 Å². The van der Waals surface area contributed by atoms with Crippen LogP contribution in [0, 0.1) is 5.82 Å². The molecular formula is C10H11FN2O2. The number of hydrogen-bond acceptors (Lipinski definition) is 3. The summed E-state index contributed by atoms with van der Waals surface area (Å²) in [5.74, 6) is -0.391. The number of nitrogens with one attached hydrogen (secondary N) is 2. The van der Waals surface area contributed by atoms with Crippen molar-refractivity contribution in [1.82, 2.24) is 5.32 Å². The molecule has 2 rings (SSSR count). The minimum Gasteiger partial charge on any atom is -0.443 e. The van der Waals surface area contributed by atoms with E-state index in [9.17, 15) is 9.18 Å². The van der Waals surface area contributed by atoms with Crippen LogP contribution in [0.5, 0.6) is 0 Å². The molecule has 1 aromatic carbocycles. The van der Waals surface area contributed by atoms with Gasteiger partial charge in [0.05, 0.1) is 0 Å². The van der Waals surface area contributed by atoms with Crippen LogP contribution in [0.15, 0.2) is 24.3 Å². The molecule has 4 nitrogen and oxygen atoms in total. The molecule has 80 valence electrons. The Kier molecular flexibility index (Phi) is 2.82. The molecule has 0 atom stereocenters. The number of amides is 1. The summed E-state index contributed by atoms with van der Waals surface area (Å²) in [6, 6.07) is 5.67. The fraction of sp³-hybridized carbons (Fsp3) is 0.300. The van der Waals surface area contributed by atoms with Crippen molar-refractivity contribution in [2.24, 2.45) is 0 Å². The van der Waals surface area contributed by atoms with Crippen molar-refractivity contribution in [3.05, 3.63) is 30.1 Å². The Bertz CT molecular complexity index is 366. The first-order chi connectivity index (χ1) is 7.24. The molecule has 1 saturated heterocycles. The van der Waals surface area contributed by atoms with Crippen LogP contribution in [0.3, 0.4) is 0 Å². The maximum Gasteiger partial charge on any atom is 0.411 e. The van der Waals surface area contributed by atoms with Crippen LogP contribution < -0.4 is 10.6 Å². The summed E-state index contributed by atoms with van der Waals surface area (Å²) in [7, 11) is 0. The highest BCUT2D eigenvalue weighted by Crippen LogP contribution is 2.10. The second-order valence-electron chi connectivity index (χ2n) is 3.32. The van der Waals surface area contributed by atoms with Crippen molar-refractivity contribution in [2.45, 2.75) is 6.10 Å². The number of benzene rings is 1. The van der Waals surface area contributed by atoms with Crippen molar-refractivity contribution in [3.63, 3.8) is 0 Å². The van der Waals surface area contributed by atoms with Crippen LogP contribution in [0.25, 0.3) is 0 Å². The maximum atomic E-state index is 12.8. The Morgan fingerprint density at radius 3 is 2.93 bits per heavy atom. The van der Waals surface area contributed by atoms with Gasteiger partial charge in [0.15, 0.2) is 0 Å². The van der Waals surface area contributed by atoms with Gasteiger partial charge in [-0.15, -0.1) is 0 Å². The van der Waals surface area contributed by atoms with Crippen LogP contribution in [-0.4, -0.2) is 25.3 Å². The van der Waals surface area contributed by atoms with Gasteiger partial charge >= 0.3 is 6.09 Å². The Balaban J connectivity index is 1.87. The summed E-state index contributed by atoms with van der Waals surface area (Å²) < 4.78 is 17.8. The molecule has 0 spiro atoms. The average molecular weight is 210 g/mol. The first kappa shape index (κ1) is 9.92. The summed E-state index contributed by atoms with van der Waals surface area (Å²) in [5, 5.41) is 5.43. The van der Waals surface area contributed by atoms with E-state index in [4.69, 9.17) is 4.74 Å². The Morgan fingerprint density at radius 1 is 1.53 bits per heavy atom. The van der Waals surface area contributed by atoms with E-state index < -0.39 is 11.9 Å². The normalized spacial score (nSPS) is 15.5. The second kappa shape index (κ2) is 4.27. The second-order valence-corrected chi connectivity index (χ2v) is 3.32. The van der Waals surface area contributed by atoms with Crippen LogP contribution >= 0.6 is 0 Å². The predicted molar refractivity (Wildman–Crippen MR) is 53.2 cm³/mol. The first-order valence-corrected chi connectivity index (χ1v) is 4.68. The molecule has 1 aliphatic rings. The molecule has 15 heavy (non-hydrogen) atoms. The molecule has 0 unspecified atom stereocenters. The molecule has 1 aliphatic heterocycles. The largest absolute Gasteiger partial charge is 0.443 e. The van der Waals surface area contributed by atoms with E-state index >= 15 is 0 Å². The van der Waals surface area contributed by atoms with Gasteiger partial charge < -0.3 is 10.1 Å². The molecule has 1 amide bonds. The van der Waals surface area contributed by atoms with E-state index in [1.807, 2.05) is 0 Å². The average Bonchev–Trinajstić information content (AvgIpc) is 2.11. The lowest BCUT2D eigenvalue weighted by Gasteiger charge is -2.26. The van der Waals surface area contributed by atoms with E-state index in [2.05, 4.69) is 10.6 Å². The number of carbonyl (C=O) groups is 1. The Labute approximate surface area is 86.4 Å². The number of rotatable bonds is 2. The molecule has 0 saturated carbocycles. The molecule has 2 N–H and O–H groups in total. The zero-order valence-electron chi connectivity index (χ0n) is 8.00. The van der Waals surface area contributed by atoms with Gasteiger partial charge in [-0.1, -0.05) is 6.07 Å². The molecule has 1 aromatic rings. The third-order valence-corrected chi connectivity index (χ3v) is 2.09. The summed E-state index contributed by atoms with van der Waals surface area (Å²) in [4.78, 5) is 11.2. The van der Waals surface area contributed by atoms with Crippen molar-refractivity contribution in [3.8, 4) is 0 Å². The van der Waals surface area contributed by atoms with Crippen molar-refractivity contribution >= 4 is 11.8 Å². The lowest BCUT2D eigenvalue weighted by atomic mass is 10.2. The highest BCUT2D eigenvalue weighted by molar-refractivity contribution is 5.84. The lowest BCUT2D eigenvalue weighted by molar-refractivity contribution is 0.0778. The van der Waals surface area contributed by atoms with E-state index in [-0.39, 0.29) is 6.10 Å². The zero-order chi connectivity index (χ0) is 10.7. The van der Waals surface area contributed by atoms with Gasteiger partial charge in [-0.25, -0.2) is 9.18 Å². The molecular weight excluding hydrogens is 199 g/mol. The van der Waals surface area contributed by atoms with E-state index in [1.165, 1.54) is 18.2 Å². The quantitative estimate of drug-likeness (QED) is 0.774. The lowest BCUT2D eigenvalue weighted by Crippen LogP contribution is -2.49. The zero-order valence-corrected chi connectivity index (χ0v) is 8.00. The van der Waals surface area contributed by atoms with Gasteiger partial charge in [0.2, 0.25) is 0 Å². The van der Waals surface area contributed by atoms with Gasteiger partial charge in [-0.3, -0.25) is 5.32 Å². The van der Waals surface area contributed by atoms with Crippen molar-refractivity contribution < 1.29 is 13.9 Å². The van der Waals surface area contributed by atoms with Crippen molar-refractivity contribution in [2.75, 3.05) is 18.4 Å². The smallest absolute Gasteiger partial charge is 0.411 e. The molecule has 5 heteroatoms. The third-order valence-electron chi connectivity index (χ3n) is 2.09. The topological polar surface area (TPSA) is 50.4 Å². The van der Waals surface area contributed by atoms with Gasteiger partial charge in [-0.05, 0) is 18.2 Å². The molecule has 0 radical (unpaired) electrons.